The summed E-state index contributed by atoms with van der Waals surface area (Å²) in [5.41, 5.74) is 0. The lowest BCUT2D eigenvalue weighted by Crippen LogP contribution is -2.48. The van der Waals surface area contributed by atoms with Crippen molar-refractivity contribution in [3.63, 3.8) is 0 Å². The second-order valence-electron chi connectivity index (χ2n) is 4.06. The molecule has 106 valence electrons. The Morgan fingerprint density at radius 1 is 1.39 bits per heavy atom. The zero-order chi connectivity index (χ0) is 14.0. The third kappa shape index (κ3) is 6.44. The third-order valence-electron chi connectivity index (χ3n) is 2.60. The predicted octanol–water partition coefficient (Wildman–Crippen LogP) is 1.31. The Bertz CT molecular complexity index is 258. The second-order valence-corrected chi connectivity index (χ2v) is 4.06. The van der Waals surface area contributed by atoms with Gasteiger partial charge in [-0.2, -0.15) is 0 Å². The highest BCUT2D eigenvalue weighted by molar-refractivity contribution is 5.82. The van der Waals surface area contributed by atoms with Gasteiger partial charge in [0.1, 0.15) is 6.04 Å². The van der Waals surface area contributed by atoms with E-state index in [4.69, 9.17) is 9.84 Å². The molecule has 0 aliphatic rings. The van der Waals surface area contributed by atoms with E-state index in [1.54, 1.807) is 12.0 Å². The lowest BCUT2D eigenvalue weighted by molar-refractivity contribution is -0.139. The standard InChI is InChI=1S/C12H24N2O4/c1-4-8-14(5-2)12(17)13-10(11(15)16)7-6-9-18-3/h10H,4-9H2,1-3H3,(H,13,17)(H,15,16). The van der Waals surface area contributed by atoms with Gasteiger partial charge in [0.15, 0.2) is 0 Å². The Hall–Kier alpha value is -1.30. The van der Waals surface area contributed by atoms with Crippen molar-refractivity contribution in [2.45, 2.75) is 39.2 Å². The molecule has 0 aromatic rings. The van der Waals surface area contributed by atoms with Gasteiger partial charge in [-0.15, -0.1) is 0 Å². The Morgan fingerprint density at radius 2 is 2.06 bits per heavy atom. The predicted molar refractivity (Wildman–Crippen MR) is 68.6 cm³/mol. The quantitative estimate of drug-likeness (QED) is 0.613. The zero-order valence-electron chi connectivity index (χ0n) is 11.4. The number of ether oxygens (including phenoxy) is 1. The van der Waals surface area contributed by atoms with E-state index in [1.807, 2.05) is 13.8 Å². The summed E-state index contributed by atoms with van der Waals surface area (Å²) in [5, 5.41) is 11.6. The Kier molecular flexibility index (Phi) is 9.00. The Labute approximate surface area is 108 Å². The van der Waals surface area contributed by atoms with Crippen molar-refractivity contribution < 1.29 is 19.4 Å². The molecular weight excluding hydrogens is 236 g/mol. The van der Waals surface area contributed by atoms with Crippen LogP contribution >= 0.6 is 0 Å². The minimum atomic E-state index is -1.01. The average molecular weight is 260 g/mol. The first-order valence-corrected chi connectivity index (χ1v) is 6.33. The molecule has 18 heavy (non-hydrogen) atoms. The van der Waals surface area contributed by atoms with Crippen LogP contribution in [0, 0.1) is 0 Å². The van der Waals surface area contributed by atoms with Crippen LogP contribution in [0.2, 0.25) is 0 Å². The van der Waals surface area contributed by atoms with E-state index in [1.165, 1.54) is 0 Å². The van der Waals surface area contributed by atoms with Gasteiger partial charge in [0.2, 0.25) is 0 Å². The third-order valence-corrected chi connectivity index (χ3v) is 2.60. The number of carbonyl (C=O) groups excluding carboxylic acids is 1. The number of hydrogen-bond acceptors (Lipinski definition) is 3. The molecule has 6 nitrogen and oxygen atoms in total. The summed E-state index contributed by atoms with van der Waals surface area (Å²) in [6.07, 6.45) is 1.83. The number of carboxylic acid groups (broad SMARTS) is 1. The number of nitrogens with zero attached hydrogens (tertiary/aromatic N) is 1. The first-order chi connectivity index (χ1) is 8.56. The van der Waals surface area contributed by atoms with Crippen molar-refractivity contribution in [1.82, 2.24) is 10.2 Å². The van der Waals surface area contributed by atoms with Crippen LogP contribution in [0.25, 0.3) is 0 Å². The van der Waals surface area contributed by atoms with Gasteiger partial charge < -0.3 is 20.1 Å². The molecule has 0 radical (unpaired) electrons. The van der Waals surface area contributed by atoms with Crippen LogP contribution in [0.4, 0.5) is 4.79 Å². The minimum Gasteiger partial charge on any atom is -0.480 e. The molecule has 1 unspecified atom stereocenters. The lowest BCUT2D eigenvalue weighted by atomic mass is 10.1. The summed E-state index contributed by atoms with van der Waals surface area (Å²) in [5.74, 6) is -1.01. The molecule has 2 N–H and O–H groups in total. The summed E-state index contributed by atoms with van der Waals surface area (Å²) in [4.78, 5) is 24.5. The van der Waals surface area contributed by atoms with E-state index < -0.39 is 12.0 Å². The molecule has 0 spiro atoms. The van der Waals surface area contributed by atoms with Gasteiger partial charge in [-0.1, -0.05) is 6.92 Å². The maximum absolute atomic E-state index is 11.8. The molecule has 0 aromatic carbocycles. The van der Waals surface area contributed by atoms with Crippen LogP contribution in [0.1, 0.15) is 33.1 Å². The van der Waals surface area contributed by atoms with Gasteiger partial charge in [-0.3, -0.25) is 0 Å². The van der Waals surface area contributed by atoms with Crippen molar-refractivity contribution in [3.8, 4) is 0 Å². The minimum absolute atomic E-state index is 0.316. The maximum Gasteiger partial charge on any atom is 0.326 e. The van der Waals surface area contributed by atoms with E-state index in [9.17, 15) is 9.59 Å². The molecule has 0 rings (SSSR count). The second kappa shape index (κ2) is 9.70. The molecule has 0 heterocycles. The number of hydrogen-bond donors (Lipinski definition) is 2. The molecule has 0 aromatic heterocycles. The number of nitrogens with one attached hydrogen (secondary N) is 1. The van der Waals surface area contributed by atoms with E-state index in [0.29, 0.717) is 32.5 Å². The van der Waals surface area contributed by atoms with Crippen molar-refractivity contribution in [2.75, 3.05) is 26.8 Å². The largest absolute Gasteiger partial charge is 0.480 e. The summed E-state index contributed by atoms with van der Waals surface area (Å²) in [6.45, 7) is 5.54. The SMILES string of the molecule is CCCN(CC)C(=O)NC(CCCOC)C(=O)O. The number of methoxy groups -OCH3 is 1. The first kappa shape index (κ1) is 16.7. The van der Waals surface area contributed by atoms with Gasteiger partial charge in [-0.25, -0.2) is 9.59 Å². The fourth-order valence-corrected chi connectivity index (χ4v) is 1.60. The molecule has 1 atom stereocenters. The average Bonchev–Trinajstić information content (AvgIpc) is 2.34. The maximum atomic E-state index is 11.8. The van der Waals surface area contributed by atoms with Crippen LogP contribution in [0.3, 0.4) is 0 Å². The molecule has 0 saturated heterocycles. The zero-order valence-corrected chi connectivity index (χ0v) is 11.4. The summed E-state index contributed by atoms with van der Waals surface area (Å²) < 4.78 is 4.87. The van der Waals surface area contributed by atoms with Crippen molar-refractivity contribution in [3.05, 3.63) is 0 Å². The van der Waals surface area contributed by atoms with Gasteiger partial charge in [-0.05, 0) is 26.2 Å². The van der Waals surface area contributed by atoms with Gasteiger partial charge in [0.05, 0.1) is 0 Å². The molecular formula is C12H24N2O4. The van der Waals surface area contributed by atoms with Crippen LogP contribution in [0.15, 0.2) is 0 Å². The van der Waals surface area contributed by atoms with Crippen LogP contribution in [-0.4, -0.2) is 54.9 Å². The van der Waals surface area contributed by atoms with E-state index in [0.717, 1.165) is 6.42 Å². The number of carbonyl (C=O) groups is 2. The number of rotatable bonds is 9. The lowest BCUT2D eigenvalue weighted by Gasteiger charge is -2.23. The monoisotopic (exact) mass is 260 g/mol. The van der Waals surface area contributed by atoms with Crippen molar-refractivity contribution in [2.24, 2.45) is 0 Å². The highest BCUT2D eigenvalue weighted by Gasteiger charge is 2.21. The Balaban J connectivity index is 4.29. The topological polar surface area (TPSA) is 78.9 Å². The molecule has 0 aliphatic heterocycles. The van der Waals surface area contributed by atoms with E-state index in [2.05, 4.69) is 5.32 Å². The summed E-state index contributed by atoms with van der Waals surface area (Å²) in [7, 11) is 1.56. The number of carboxylic acids is 1. The summed E-state index contributed by atoms with van der Waals surface area (Å²) in [6, 6.07) is -1.16. The Morgan fingerprint density at radius 3 is 2.50 bits per heavy atom. The summed E-state index contributed by atoms with van der Waals surface area (Å²) >= 11 is 0. The molecule has 0 saturated carbocycles. The fourth-order valence-electron chi connectivity index (χ4n) is 1.60. The van der Waals surface area contributed by atoms with Crippen LogP contribution in [-0.2, 0) is 9.53 Å². The van der Waals surface area contributed by atoms with Crippen LogP contribution < -0.4 is 5.32 Å². The number of urea groups is 1. The van der Waals surface area contributed by atoms with Crippen LogP contribution in [0.5, 0.6) is 0 Å². The molecule has 0 fully saturated rings. The highest BCUT2D eigenvalue weighted by Crippen LogP contribution is 2.01. The fraction of sp³-hybridized carbons (Fsp3) is 0.833. The molecule has 2 amide bonds. The van der Waals surface area contributed by atoms with Gasteiger partial charge in [0, 0.05) is 26.8 Å². The molecule has 6 heteroatoms. The van der Waals surface area contributed by atoms with E-state index >= 15 is 0 Å². The number of aliphatic carboxylic acids is 1. The van der Waals surface area contributed by atoms with Gasteiger partial charge >= 0.3 is 12.0 Å². The first-order valence-electron chi connectivity index (χ1n) is 6.33. The van der Waals surface area contributed by atoms with E-state index in [-0.39, 0.29) is 6.03 Å². The highest BCUT2D eigenvalue weighted by atomic mass is 16.5. The smallest absolute Gasteiger partial charge is 0.326 e. The van der Waals surface area contributed by atoms with Gasteiger partial charge in [0.25, 0.3) is 0 Å². The normalized spacial score (nSPS) is 11.9. The molecule has 0 bridgehead atoms. The molecule has 0 aliphatic carbocycles. The number of amides is 2. The van der Waals surface area contributed by atoms with Crippen molar-refractivity contribution in [1.29, 1.82) is 0 Å². The van der Waals surface area contributed by atoms with Crippen molar-refractivity contribution >= 4 is 12.0 Å².